The van der Waals surface area contributed by atoms with Crippen molar-refractivity contribution in [2.45, 2.75) is 37.6 Å². The number of aliphatic hydroxyl groups is 1. The predicted molar refractivity (Wildman–Crippen MR) is 101 cm³/mol. The molecule has 3 aromatic heterocycles. The lowest BCUT2D eigenvalue weighted by Crippen LogP contribution is -2.39. The van der Waals surface area contributed by atoms with Crippen LogP contribution >= 0.6 is 0 Å². The average Bonchev–Trinajstić information content (AvgIpc) is 3.11. The Bertz CT molecular complexity index is 1010. The Morgan fingerprint density at radius 1 is 1.24 bits per heavy atom. The maximum Gasteiger partial charge on any atom is 0.421 e. The normalized spacial score (nSPS) is 19.8. The predicted octanol–water partition coefficient (Wildman–Crippen LogP) is 2.73. The van der Waals surface area contributed by atoms with Crippen LogP contribution in [0.5, 0.6) is 0 Å². The Labute approximate surface area is 165 Å². The lowest BCUT2D eigenvalue weighted by atomic mass is 9.97. The fourth-order valence-electron chi connectivity index (χ4n) is 3.36. The van der Waals surface area contributed by atoms with Crippen LogP contribution in [0.15, 0.2) is 36.9 Å². The zero-order valence-corrected chi connectivity index (χ0v) is 15.7. The summed E-state index contributed by atoms with van der Waals surface area (Å²) >= 11 is 0. The molecule has 4 rings (SSSR count). The summed E-state index contributed by atoms with van der Waals surface area (Å²) in [5.41, 5.74) is -1.87. The molecule has 10 heteroatoms. The molecule has 1 fully saturated rings. The maximum atomic E-state index is 13.2. The van der Waals surface area contributed by atoms with Crippen LogP contribution < -0.4 is 10.6 Å². The number of alkyl halides is 3. The van der Waals surface area contributed by atoms with E-state index in [0.29, 0.717) is 22.9 Å². The molecule has 0 aliphatic carbocycles. The standard InChI is InChI=1S/C19H21F3N6O/c1-18(29,19(20,21)22)12-4-5-17-25-9-15(28(17)11-12)14-8-24-10-16(27-14)26-13-3-2-6-23-7-13/h4-5,8-11,13,23,29H,2-3,6-7H2,1H3,(H,26,27)/t13?,18-/m1/s1. The first-order chi connectivity index (χ1) is 13.8. The summed E-state index contributed by atoms with van der Waals surface area (Å²) in [5, 5.41) is 16.7. The van der Waals surface area contributed by atoms with Crippen molar-refractivity contribution in [3.8, 4) is 11.4 Å². The van der Waals surface area contributed by atoms with Crippen molar-refractivity contribution in [3.05, 3.63) is 42.5 Å². The van der Waals surface area contributed by atoms with Crippen LogP contribution in [0, 0.1) is 0 Å². The Hall–Kier alpha value is -2.72. The Balaban J connectivity index is 1.69. The molecular formula is C19H21F3N6O. The highest BCUT2D eigenvalue weighted by Crippen LogP contribution is 2.38. The molecule has 0 amide bonds. The number of aromatic nitrogens is 4. The number of rotatable bonds is 4. The number of piperidine rings is 1. The van der Waals surface area contributed by atoms with Gasteiger partial charge in [0.15, 0.2) is 5.60 Å². The molecule has 1 aliphatic rings. The third kappa shape index (κ3) is 3.77. The summed E-state index contributed by atoms with van der Waals surface area (Å²) < 4.78 is 41.2. The van der Waals surface area contributed by atoms with Crippen LogP contribution in [-0.4, -0.2) is 49.8 Å². The second-order valence-corrected chi connectivity index (χ2v) is 7.34. The van der Waals surface area contributed by atoms with Gasteiger partial charge in [0.2, 0.25) is 0 Å². The van der Waals surface area contributed by atoms with Crippen LogP contribution in [0.2, 0.25) is 0 Å². The molecule has 1 saturated heterocycles. The fourth-order valence-corrected chi connectivity index (χ4v) is 3.36. The highest BCUT2D eigenvalue weighted by atomic mass is 19.4. The minimum absolute atomic E-state index is 0.240. The first-order valence-corrected chi connectivity index (χ1v) is 9.32. The second kappa shape index (κ2) is 7.27. The zero-order valence-electron chi connectivity index (χ0n) is 15.7. The van der Waals surface area contributed by atoms with Gasteiger partial charge in [-0.3, -0.25) is 9.38 Å². The van der Waals surface area contributed by atoms with Crippen molar-refractivity contribution >= 4 is 11.5 Å². The number of fused-ring (bicyclic) bond motifs is 1. The van der Waals surface area contributed by atoms with Crippen LogP contribution in [0.25, 0.3) is 17.0 Å². The molecule has 4 heterocycles. The summed E-state index contributed by atoms with van der Waals surface area (Å²) in [6, 6.07) is 2.89. The second-order valence-electron chi connectivity index (χ2n) is 7.34. The van der Waals surface area contributed by atoms with E-state index in [4.69, 9.17) is 0 Å². The summed E-state index contributed by atoms with van der Waals surface area (Å²) in [6.45, 7) is 2.56. The molecule has 3 N–H and O–H groups in total. The minimum atomic E-state index is -4.81. The SMILES string of the molecule is C[C@@](O)(c1ccc2ncc(-c3cncc(NC4CCCNC4)n3)n2c1)C(F)(F)F. The third-order valence-electron chi connectivity index (χ3n) is 5.17. The van der Waals surface area contributed by atoms with Crippen LogP contribution in [0.1, 0.15) is 25.3 Å². The highest BCUT2D eigenvalue weighted by molar-refractivity contribution is 5.61. The lowest BCUT2D eigenvalue weighted by molar-refractivity contribution is -0.259. The van der Waals surface area contributed by atoms with E-state index in [1.807, 2.05) is 0 Å². The van der Waals surface area contributed by atoms with Gasteiger partial charge in [-0.2, -0.15) is 13.2 Å². The van der Waals surface area contributed by atoms with Gasteiger partial charge in [-0.1, -0.05) is 6.07 Å². The van der Waals surface area contributed by atoms with Gasteiger partial charge in [-0.05, 0) is 32.4 Å². The monoisotopic (exact) mass is 406 g/mol. The molecule has 0 bridgehead atoms. The lowest BCUT2D eigenvalue weighted by Gasteiger charge is -2.26. The van der Waals surface area contributed by atoms with Gasteiger partial charge in [0.1, 0.15) is 17.2 Å². The van der Waals surface area contributed by atoms with E-state index in [-0.39, 0.29) is 11.6 Å². The van der Waals surface area contributed by atoms with Crippen molar-refractivity contribution in [2.24, 2.45) is 0 Å². The first kappa shape index (κ1) is 19.6. The van der Waals surface area contributed by atoms with E-state index in [1.54, 1.807) is 6.20 Å². The molecule has 3 aromatic rings. The molecule has 0 radical (unpaired) electrons. The minimum Gasteiger partial charge on any atom is -0.376 e. The molecule has 2 atom stereocenters. The number of imidazole rings is 1. The van der Waals surface area contributed by atoms with Gasteiger partial charge >= 0.3 is 6.18 Å². The van der Waals surface area contributed by atoms with Gasteiger partial charge in [0.05, 0.1) is 24.3 Å². The van der Waals surface area contributed by atoms with Gasteiger partial charge in [0, 0.05) is 24.3 Å². The number of nitrogens with one attached hydrogen (secondary N) is 2. The summed E-state index contributed by atoms with van der Waals surface area (Å²) in [7, 11) is 0. The Kier molecular flexibility index (Phi) is 4.91. The average molecular weight is 406 g/mol. The van der Waals surface area contributed by atoms with Crippen molar-refractivity contribution in [1.82, 2.24) is 24.7 Å². The molecular weight excluding hydrogens is 385 g/mol. The van der Waals surface area contributed by atoms with Gasteiger partial charge in [-0.25, -0.2) is 9.97 Å². The Morgan fingerprint density at radius 2 is 2.07 bits per heavy atom. The first-order valence-electron chi connectivity index (χ1n) is 9.32. The van der Waals surface area contributed by atoms with Gasteiger partial charge in [-0.15, -0.1) is 0 Å². The third-order valence-corrected chi connectivity index (χ3v) is 5.17. The smallest absolute Gasteiger partial charge is 0.376 e. The van der Waals surface area contributed by atoms with Gasteiger partial charge in [0.25, 0.3) is 0 Å². The topological polar surface area (TPSA) is 87.4 Å². The van der Waals surface area contributed by atoms with E-state index in [1.165, 1.54) is 35.1 Å². The number of hydrogen-bond donors (Lipinski definition) is 3. The van der Waals surface area contributed by atoms with Crippen molar-refractivity contribution in [3.63, 3.8) is 0 Å². The fraction of sp³-hybridized carbons (Fsp3) is 0.421. The summed E-state index contributed by atoms with van der Waals surface area (Å²) in [4.78, 5) is 13.0. The van der Waals surface area contributed by atoms with Crippen LogP contribution in [0.4, 0.5) is 19.0 Å². The molecule has 1 aliphatic heterocycles. The van der Waals surface area contributed by atoms with Crippen LogP contribution in [-0.2, 0) is 5.60 Å². The van der Waals surface area contributed by atoms with Crippen molar-refractivity contribution in [1.29, 1.82) is 0 Å². The molecule has 0 aromatic carbocycles. The number of hydrogen-bond acceptors (Lipinski definition) is 6. The molecule has 0 saturated carbocycles. The molecule has 0 spiro atoms. The van der Waals surface area contributed by atoms with Crippen LogP contribution in [0.3, 0.4) is 0 Å². The molecule has 154 valence electrons. The highest BCUT2D eigenvalue weighted by Gasteiger charge is 2.51. The molecule has 1 unspecified atom stereocenters. The number of anilines is 1. The quantitative estimate of drug-likeness (QED) is 0.618. The van der Waals surface area contributed by atoms with Gasteiger partial charge < -0.3 is 15.7 Å². The number of halogens is 3. The van der Waals surface area contributed by atoms with Crippen molar-refractivity contribution in [2.75, 3.05) is 18.4 Å². The van der Waals surface area contributed by atoms with Crippen molar-refractivity contribution < 1.29 is 18.3 Å². The Morgan fingerprint density at radius 3 is 2.79 bits per heavy atom. The van der Waals surface area contributed by atoms with E-state index in [2.05, 4.69) is 25.6 Å². The summed E-state index contributed by atoms with van der Waals surface area (Å²) in [6.07, 6.45) is 3.18. The van der Waals surface area contributed by atoms with E-state index in [0.717, 1.165) is 32.9 Å². The molecule has 29 heavy (non-hydrogen) atoms. The van der Waals surface area contributed by atoms with E-state index in [9.17, 15) is 18.3 Å². The maximum absolute atomic E-state index is 13.2. The summed E-state index contributed by atoms with van der Waals surface area (Å²) in [5.74, 6) is 0.588. The van der Waals surface area contributed by atoms with E-state index < -0.39 is 11.8 Å². The number of nitrogens with zero attached hydrogens (tertiary/aromatic N) is 4. The number of pyridine rings is 1. The zero-order chi connectivity index (χ0) is 20.6. The van der Waals surface area contributed by atoms with E-state index >= 15 is 0 Å². The molecule has 7 nitrogen and oxygen atoms in total. The largest absolute Gasteiger partial charge is 0.421 e.